The highest BCUT2D eigenvalue weighted by Gasteiger charge is 2.46. The lowest BCUT2D eigenvalue weighted by atomic mass is 9.89. The summed E-state index contributed by atoms with van der Waals surface area (Å²) in [6.07, 6.45) is -1.34. The number of nitrogens with one attached hydrogen (secondary N) is 1. The molecule has 0 unspecified atom stereocenters. The molecule has 0 aliphatic heterocycles. The molecule has 1 fully saturated rings. The van der Waals surface area contributed by atoms with Crippen molar-refractivity contribution in [1.29, 1.82) is 0 Å². The quantitative estimate of drug-likeness (QED) is 0.635. The number of halogens is 3. The minimum atomic E-state index is -5.01. The van der Waals surface area contributed by atoms with Crippen LogP contribution in [0.5, 0.6) is 11.5 Å². The summed E-state index contributed by atoms with van der Waals surface area (Å²) in [5.41, 5.74) is 0.974. The standard InChI is InChI=1S/C23H30F3N5O3/c1-14-13-27-22(30(2)3)29-20(14)28-15-6-8-16(9-7-15)31(21(32)23(24,25)26)17-10-18(33-4)12-19(11-17)34-5/h10-13,15-16H,6-9H2,1-5H3,(H,27,28,29). The third-order valence-corrected chi connectivity index (χ3v) is 5.84. The van der Waals surface area contributed by atoms with Gasteiger partial charge in [0.1, 0.15) is 17.3 Å². The predicted molar refractivity (Wildman–Crippen MR) is 124 cm³/mol. The van der Waals surface area contributed by atoms with Gasteiger partial charge in [-0.05, 0) is 32.6 Å². The van der Waals surface area contributed by atoms with Gasteiger partial charge in [-0.1, -0.05) is 0 Å². The number of anilines is 3. The number of carbonyl (C=O) groups is 1. The van der Waals surface area contributed by atoms with Gasteiger partial charge in [0.25, 0.3) is 0 Å². The number of carbonyl (C=O) groups excluding carboxylic acids is 1. The minimum absolute atomic E-state index is 0.0162. The summed E-state index contributed by atoms with van der Waals surface area (Å²) in [6, 6.07) is 3.79. The van der Waals surface area contributed by atoms with Gasteiger partial charge < -0.3 is 24.6 Å². The van der Waals surface area contributed by atoms with Crippen molar-refractivity contribution in [2.75, 3.05) is 43.4 Å². The number of amides is 1. The first-order valence-corrected chi connectivity index (χ1v) is 10.9. The molecule has 1 N–H and O–H groups in total. The molecule has 0 atom stereocenters. The van der Waals surface area contributed by atoms with E-state index in [0.29, 0.717) is 48.9 Å². The number of hydrogen-bond acceptors (Lipinski definition) is 7. The largest absolute Gasteiger partial charge is 0.497 e. The molecular weight excluding hydrogens is 451 g/mol. The van der Waals surface area contributed by atoms with Gasteiger partial charge in [-0.2, -0.15) is 18.2 Å². The van der Waals surface area contributed by atoms with Crippen LogP contribution in [-0.2, 0) is 4.79 Å². The van der Waals surface area contributed by atoms with E-state index in [2.05, 4.69) is 15.3 Å². The highest BCUT2D eigenvalue weighted by atomic mass is 19.4. The zero-order chi connectivity index (χ0) is 25.0. The van der Waals surface area contributed by atoms with Crippen LogP contribution in [-0.4, -0.2) is 62.5 Å². The maximum atomic E-state index is 13.5. The summed E-state index contributed by atoms with van der Waals surface area (Å²) in [5, 5.41) is 3.40. The Hall–Kier alpha value is -3.24. The highest BCUT2D eigenvalue weighted by Crippen LogP contribution is 2.36. The maximum absolute atomic E-state index is 13.5. The number of nitrogens with zero attached hydrogens (tertiary/aromatic N) is 4. The maximum Gasteiger partial charge on any atom is 0.471 e. The van der Waals surface area contributed by atoms with Crippen LogP contribution in [0.3, 0.4) is 0 Å². The summed E-state index contributed by atoms with van der Waals surface area (Å²) in [7, 11) is 6.50. The van der Waals surface area contributed by atoms with Crippen LogP contribution in [0.25, 0.3) is 0 Å². The van der Waals surface area contributed by atoms with Crippen molar-refractivity contribution < 1.29 is 27.4 Å². The Kier molecular flexibility index (Phi) is 7.73. The molecule has 1 aromatic carbocycles. The predicted octanol–water partition coefficient (Wildman–Crippen LogP) is 4.19. The molecule has 1 aliphatic carbocycles. The number of aryl methyl sites for hydroxylation is 1. The van der Waals surface area contributed by atoms with E-state index in [4.69, 9.17) is 9.47 Å². The van der Waals surface area contributed by atoms with Crippen molar-refractivity contribution >= 4 is 23.4 Å². The third kappa shape index (κ3) is 5.81. The van der Waals surface area contributed by atoms with Crippen LogP contribution in [0.4, 0.5) is 30.6 Å². The number of rotatable bonds is 7. The van der Waals surface area contributed by atoms with Crippen molar-refractivity contribution in [1.82, 2.24) is 9.97 Å². The van der Waals surface area contributed by atoms with Crippen LogP contribution in [0.15, 0.2) is 24.4 Å². The van der Waals surface area contributed by atoms with Gasteiger partial charge in [0.15, 0.2) is 0 Å². The van der Waals surface area contributed by atoms with Gasteiger partial charge in [0.05, 0.1) is 19.9 Å². The van der Waals surface area contributed by atoms with E-state index in [0.717, 1.165) is 10.5 Å². The summed E-state index contributed by atoms with van der Waals surface area (Å²) < 4.78 is 51.0. The molecule has 11 heteroatoms. The smallest absolute Gasteiger partial charge is 0.471 e. The lowest BCUT2D eigenvalue weighted by Gasteiger charge is -2.37. The highest BCUT2D eigenvalue weighted by molar-refractivity contribution is 5.98. The molecule has 0 radical (unpaired) electrons. The molecule has 3 rings (SSSR count). The van der Waals surface area contributed by atoms with E-state index in [9.17, 15) is 18.0 Å². The van der Waals surface area contributed by atoms with Gasteiger partial charge in [-0.3, -0.25) is 4.79 Å². The molecule has 1 saturated carbocycles. The zero-order valence-electron chi connectivity index (χ0n) is 19.9. The Balaban J connectivity index is 1.81. The van der Waals surface area contributed by atoms with Gasteiger partial charge in [-0.25, -0.2) is 4.98 Å². The Bertz CT molecular complexity index is 986. The lowest BCUT2D eigenvalue weighted by molar-refractivity contribution is -0.171. The molecule has 0 saturated heterocycles. The molecule has 2 aromatic rings. The van der Waals surface area contributed by atoms with E-state index in [1.54, 1.807) is 17.2 Å². The summed E-state index contributed by atoms with van der Waals surface area (Å²) >= 11 is 0. The molecule has 8 nitrogen and oxygen atoms in total. The van der Waals surface area contributed by atoms with E-state index in [-0.39, 0.29) is 11.7 Å². The number of ether oxygens (including phenoxy) is 2. The fraction of sp³-hybridized carbons (Fsp3) is 0.522. The normalized spacial score (nSPS) is 18.2. The second-order valence-corrected chi connectivity index (χ2v) is 8.49. The molecule has 1 amide bonds. The molecule has 1 aliphatic rings. The minimum Gasteiger partial charge on any atom is -0.497 e. The van der Waals surface area contributed by atoms with Gasteiger partial charge in [-0.15, -0.1) is 0 Å². The molecular formula is C23H30F3N5O3. The molecule has 0 bridgehead atoms. The molecule has 1 aromatic heterocycles. The van der Waals surface area contributed by atoms with Crippen LogP contribution in [0.2, 0.25) is 0 Å². The number of benzene rings is 1. The van der Waals surface area contributed by atoms with Crippen molar-refractivity contribution in [3.63, 3.8) is 0 Å². The first-order valence-electron chi connectivity index (χ1n) is 10.9. The van der Waals surface area contributed by atoms with E-state index in [1.807, 2.05) is 21.0 Å². The zero-order valence-corrected chi connectivity index (χ0v) is 19.9. The summed E-state index contributed by atoms with van der Waals surface area (Å²) in [6.45, 7) is 1.90. The van der Waals surface area contributed by atoms with Crippen molar-refractivity contribution in [3.8, 4) is 11.5 Å². The second-order valence-electron chi connectivity index (χ2n) is 8.49. The molecule has 186 valence electrons. The Morgan fingerprint density at radius 3 is 2.15 bits per heavy atom. The Morgan fingerprint density at radius 2 is 1.65 bits per heavy atom. The fourth-order valence-electron chi connectivity index (χ4n) is 4.03. The molecule has 0 spiro atoms. The van der Waals surface area contributed by atoms with Crippen LogP contribution in [0, 0.1) is 6.92 Å². The van der Waals surface area contributed by atoms with Gasteiger partial charge in [0.2, 0.25) is 5.95 Å². The van der Waals surface area contributed by atoms with Crippen LogP contribution in [0.1, 0.15) is 31.2 Å². The van der Waals surface area contributed by atoms with E-state index < -0.39 is 18.1 Å². The summed E-state index contributed by atoms with van der Waals surface area (Å²) in [4.78, 5) is 23.9. The van der Waals surface area contributed by atoms with Crippen molar-refractivity contribution in [2.45, 2.75) is 50.9 Å². The van der Waals surface area contributed by atoms with Crippen LogP contribution >= 0.6 is 0 Å². The van der Waals surface area contributed by atoms with Gasteiger partial charge >= 0.3 is 12.1 Å². The van der Waals surface area contributed by atoms with E-state index in [1.165, 1.54) is 26.4 Å². The fourth-order valence-corrected chi connectivity index (χ4v) is 4.03. The average Bonchev–Trinajstić information content (AvgIpc) is 2.80. The van der Waals surface area contributed by atoms with Crippen LogP contribution < -0.4 is 24.6 Å². The monoisotopic (exact) mass is 481 g/mol. The first kappa shape index (κ1) is 25.4. The number of aromatic nitrogens is 2. The molecule has 1 heterocycles. The second kappa shape index (κ2) is 10.4. The lowest BCUT2D eigenvalue weighted by Crippen LogP contribution is -2.49. The Morgan fingerprint density at radius 1 is 1.06 bits per heavy atom. The number of alkyl halides is 3. The average molecular weight is 482 g/mol. The van der Waals surface area contributed by atoms with Gasteiger partial charge in [0, 0.05) is 56.1 Å². The van der Waals surface area contributed by atoms with Crippen molar-refractivity contribution in [3.05, 3.63) is 30.0 Å². The first-order chi connectivity index (χ1) is 16.0. The number of methoxy groups -OCH3 is 2. The number of hydrogen-bond donors (Lipinski definition) is 1. The third-order valence-electron chi connectivity index (χ3n) is 5.84. The molecule has 34 heavy (non-hydrogen) atoms. The van der Waals surface area contributed by atoms with E-state index >= 15 is 0 Å². The SMILES string of the molecule is COc1cc(OC)cc(N(C(=O)C(F)(F)F)C2CCC(Nc3nc(N(C)C)ncc3C)CC2)c1. The van der Waals surface area contributed by atoms with Crippen molar-refractivity contribution in [2.24, 2.45) is 0 Å². The topological polar surface area (TPSA) is 79.8 Å². The Labute approximate surface area is 197 Å². The summed E-state index contributed by atoms with van der Waals surface area (Å²) in [5.74, 6) is -0.0266.